The van der Waals surface area contributed by atoms with Gasteiger partial charge in [-0.25, -0.2) is 9.98 Å². The van der Waals surface area contributed by atoms with Crippen LogP contribution in [0.4, 0.5) is 0 Å². The van der Waals surface area contributed by atoms with E-state index in [1.54, 1.807) is 11.3 Å². The molecular formula is C20H31N5OS2. The summed E-state index contributed by atoms with van der Waals surface area (Å²) in [5, 5.41) is 7.98. The quantitative estimate of drug-likeness (QED) is 0.506. The summed E-state index contributed by atoms with van der Waals surface area (Å²) in [7, 11) is 0. The van der Waals surface area contributed by atoms with Gasteiger partial charge in [0.05, 0.1) is 25.8 Å². The fraction of sp³-hybridized carbons (Fsp3) is 0.600. The maximum Gasteiger partial charge on any atom is 0.191 e. The second-order valence-electron chi connectivity index (χ2n) is 6.76. The molecule has 0 spiro atoms. The number of aromatic nitrogens is 1. The van der Waals surface area contributed by atoms with Crippen LogP contribution in [0.5, 0.6) is 0 Å². The first-order valence-corrected chi connectivity index (χ1v) is 11.7. The summed E-state index contributed by atoms with van der Waals surface area (Å²) in [5.41, 5.74) is 0. The molecule has 0 aromatic carbocycles. The normalized spacial score (nSPS) is 16.9. The highest BCUT2D eigenvalue weighted by atomic mass is 32.1. The number of thiophene rings is 1. The highest BCUT2D eigenvalue weighted by molar-refractivity contribution is 7.12. The number of guanidine groups is 1. The molecule has 0 bridgehead atoms. The van der Waals surface area contributed by atoms with Crippen LogP contribution in [-0.4, -0.2) is 55.2 Å². The Bertz CT molecular complexity index is 751. The molecule has 3 heterocycles. The van der Waals surface area contributed by atoms with Gasteiger partial charge in [0.1, 0.15) is 5.01 Å². The minimum Gasteiger partial charge on any atom is -0.379 e. The third-order valence-electron chi connectivity index (χ3n) is 4.71. The monoisotopic (exact) mass is 421 g/mol. The van der Waals surface area contributed by atoms with Gasteiger partial charge in [0.2, 0.25) is 0 Å². The van der Waals surface area contributed by atoms with Crippen LogP contribution in [0.1, 0.15) is 39.5 Å². The maximum atomic E-state index is 5.55. The maximum absolute atomic E-state index is 5.55. The lowest BCUT2D eigenvalue weighted by Gasteiger charge is -2.34. The topological polar surface area (TPSA) is 61.8 Å². The van der Waals surface area contributed by atoms with Gasteiger partial charge in [-0.05, 0) is 32.4 Å². The number of ether oxygens (including phenoxy) is 1. The minimum absolute atomic E-state index is 0.331. The summed E-state index contributed by atoms with van der Waals surface area (Å²) in [6.45, 7) is 12.2. The van der Waals surface area contributed by atoms with Gasteiger partial charge in [-0.1, -0.05) is 6.92 Å². The second-order valence-corrected chi connectivity index (χ2v) is 9.28. The van der Waals surface area contributed by atoms with E-state index in [1.807, 2.05) is 17.5 Å². The number of aliphatic imine (C=N–C) groups is 1. The molecule has 1 unspecified atom stereocenters. The van der Waals surface area contributed by atoms with E-state index in [0.717, 1.165) is 56.8 Å². The number of morpholine rings is 1. The van der Waals surface area contributed by atoms with Crippen molar-refractivity contribution < 1.29 is 4.74 Å². The molecule has 0 saturated carbocycles. The Morgan fingerprint density at radius 2 is 2.07 bits per heavy atom. The van der Waals surface area contributed by atoms with Crippen molar-refractivity contribution in [2.75, 3.05) is 39.4 Å². The highest BCUT2D eigenvalue weighted by Gasteiger charge is 2.24. The van der Waals surface area contributed by atoms with Gasteiger partial charge in [0.25, 0.3) is 0 Å². The van der Waals surface area contributed by atoms with Crippen LogP contribution in [0.3, 0.4) is 0 Å². The molecule has 1 aliphatic heterocycles. The van der Waals surface area contributed by atoms with Crippen molar-refractivity contribution in [2.45, 2.75) is 39.8 Å². The zero-order valence-corrected chi connectivity index (χ0v) is 18.7. The van der Waals surface area contributed by atoms with Crippen LogP contribution in [0.15, 0.2) is 23.3 Å². The SMILES string of the molecule is CCNC(=NCc1ncc(CC)s1)NCC(c1ccc(C)s1)N1CCOCC1. The lowest BCUT2D eigenvalue weighted by molar-refractivity contribution is 0.0177. The highest BCUT2D eigenvalue weighted by Crippen LogP contribution is 2.27. The Kier molecular flexibility index (Phi) is 8.27. The van der Waals surface area contributed by atoms with Crippen LogP contribution in [0, 0.1) is 6.92 Å². The van der Waals surface area contributed by atoms with E-state index < -0.39 is 0 Å². The molecule has 8 heteroatoms. The first-order valence-electron chi connectivity index (χ1n) is 10.0. The molecule has 3 rings (SSSR count). The Balaban J connectivity index is 1.66. The van der Waals surface area contributed by atoms with Gasteiger partial charge in [-0.2, -0.15) is 0 Å². The van der Waals surface area contributed by atoms with Crippen LogP contribution in [0.2, 0.25) is 0 Å². The van der Waals surface area contributed by atoms with Crippen LogP contribution >= 0.6 is 22.7 Å². The van der Waals surface area contributed by atoms with E-state index >= 15 is 0 Å². The summed E-state index contributed by atoms with van der Waals surface area (Å²) < 4.78 is 5.55. The fourth-order valence-electron chi connectivity index (χ4n) is 3.20. The van der Waals surface area contributed by atoms with Crippen molar-refractivity contribution in [3.05, 3.63) is 38.0 Å². The molecule has 2 aromatic heterocycles. The van der Waals surface area contributed by atoms with Gasteiger partial charge >= 0.3 is 0 Å². The van der Waals surface area contributed by atoms with Crippen molar-refractivity contribution in [3.8, 4) is 0 Å². The van der Waals surface area contributed by atoms with Crippen LogP contribution in [-0.2, 0) is 17.7 Å². The van der Waals surface area contributed by atoms with E-state index in [1.165, 1.54) is 14.6 Å². The van der Waals surface area contributed by atoms with Gasteiger partial charge in [-0.3, -0.25) is 4.90 Å². The lowest BCUT2D eigenvalue weighted by Crippen LogP contribution is -2.46. The van der Waals surface area contributed by atoms with Gasteiger partial charge in [0.15, 0.2) is 5.96 Å². The third kappa shape index (κ3) is 6.01. The van der Waals surface area contributed by atoms with E-state index in [-0.39, 0.29) is 0 Å². The second kappa shape index (κ2) is 10.9. The zero-order chi connectivity index (χ0) is 19.8. The minimum atomic E-state index is 0.331. The van der Waals surface area contributed by atoms with E-state index in [0.29, 0.717) is 12.6 Å². The zero-order valence-electron chi connectivity index (χ0n) is 17.0. The number of nitrogens with zero attached hydrogens (tertiary/aromatic N) is 3. The number of rotatable bonds is 8. The Morgan fingerprint density at radius 3 is 2.71 bits per heavy atom. The molecule has 0 radical (unpaired) electrons. The average Bonchev–Trinajstić information content (AvgIpc) is 3.36. The lowest BCUT2D eigenvalue weighted by atomic mass is 10.2. The van der Waals surface area contributed by atoms with E-state index in [2.05, 4.69) is 53.4 Å². The predicted octanol–water partition coefficient (Wildman–Crippen LogP) is 3.20. The Morgan fingerprint density at radius 1 is 1.25 bits per heavy atom. The number of hydrogen-bond donors (Lipinski definition) is 2. The summed E-state index contributed by atoms with van der Waals surface area (Å²) in [5.74, 6) is 0.849. The molecule has 1 atom stereocenters. The van der Waals surface area contributed by atoms with Gasteiger partial charge in [0, 0.05) is 47.0 Å². The predicted molar refractivity (Wildman–Crippen MR) is 118 cm³/mol. The van der Waals surface area contributed by atoms with Crippen molar-refractivity contribution in [2.24, 2.45) is 4.99 Å². The fourth-order valence-corrected chi connectivity index (χ4v) is 5.00. The summed E-state index contributed by atoms with van der Waals surface area (Å²) >= 11 is 3.62. The van der Waals surface area contributed by atoms with Crippen molar-refractivity contribution in [1.29, 1.82) is 0 Å². The van der Waals surface area contributed by atoms with Crippen LogP contribution in [0.25, 0.3) is 0 Å². The van der Waals surface area contributed by atoms with E-state index in [9.17, 15) is 0 Å². The number of nitrogens with one attached hydrogen (secondary N) is 2. The first kappa shape index (κ1) is 21.2. The molecule has 2 N–H and O–H groups in total. The molecule has 0 aliphatic carbocycles. The molecular weight excluding hydrogens is 390 g/mol. The largest absolute Gasteiger partial charge is 0.379 e. The van der Waals surface area contributed by atoms with Crippen molar-refractivity contribution >= 4 is 28.6 Å². The molecule has 2 aromatic rings. The molecule has 0 amide bonds. The number of thiazole rings is 1. The van der Waals surface area contributed by atoms with Crippen molar-refractivity contribution in [3.63, 3.8) is 0 Å². The smallest absolute Gasteiger partial charge is 0.191 e. The Hall–Kier alpha value is -1.48. The molecule has 154 valence electrons. The van der Waals surface area contributed by atoms with E-state index in [4.69, 9.17) is 9.73 Å². The summed E-state index contributed by atoms with van der Waals surface area (Å²) in [6, 6.07) is 4.80. The molecule has 1 saturated heterocycles. The van der Waals surface area contributed by atoms with Gasteiger partial charge < -0.3 is 15.4 Å². The molecule has 28 heavy (non-hydrogen) atoms. The first-order chi connectivity index (χ1) is 13.7. The average molecular weight is 422 g/mol. The summed E-state index contributed by atoms with van der Waals surface area (Å²) in [4.78, 5) is 15.8. The summed E-state index contributed by atoms with van der Waals surface area (Å²) in [6.07, 6.45) is 2.99. The third-order valence-corrected chi connectivity index (χ3v) is 6.93. The number of hydrogen-bond acceptors (Lipinski definition) is 6. The Labute approximate surface area is 176 Å². The molecule has 1 fully saturated rings. The van der Waals surface area contributed by atoms with Crippen molar-refractivity contribution in [1.82, 2.24) is 20.5 Å². The molecule has 1 aliphatic rings. The molecule has 6 nitrogen and oxygen atoms in total. The van der Waals surface area contributed by atoms with Gasteiger partial charge in [-0.15, -0.1) is 22.7 Å². The van der Waals surface area contributed by atoms with Crippen LogP contribution < -0.4 is 10.6 Å². The number of aryl methyl sites for hydroxylation is 2. The standard InChI is InChI=1S/C20H31N5OS2/c1-4-16-12-22-19(28-16)14-24-20(21-5-2)23-13-17(18-7-6-15(3)27-18)25-8-10-26-11-9-25/h6-7,12,17H,4-5,8-11,13-14H2,1-3H3,(H2,21,23,24).